The van der Waals surface area contributed by atoms with Crippen molar-refractivity contribution >= 4 is 11.6 Å². The summed E-state index contributed by atoms with van der Waals surface area (Å²) in [6.07, 6.45) is -4.40. The van der Waals surface area contributed by atoms with Crippen molar-refractivity contribution in [2.75, 3.05) is 18.1 Å². The first-order valence-corrected chi connectivity index (χ1v) is 7.51. The van der Waals surface area contributed by atoms with E-state index >= 15 is 0 Å². The molecule has 2 aromatic carbocycles. The Balaban J connectivity index is 1.89. The first-order chi connectivity index (χ1) is 11.9. The number of nitrogens with zero attached hydrogens (tertiary/aromatic N) is 1. The fourth-order valence-electron chi connectivity index (χ4n) is 2.71. The fraction of sp³-hybridized carbons (Fsp3) is 0.235. The van der Waals surface area contributed by atoms with Gasteiger partial charge in [-0.3, -0.25) is 10.0 Å². The summed E-state index contributed by atoms with van der Waals surface area (Å²) < 4.78 is 44.1. The van der Waals surface area contributed by atoms with E-state index < -0.39 is 17.6 Å². The van der Waals surface area contributed by atoms with Crippen LogP contribution in [0, 0.1) is 0 Å². The molecule has 3 rings (SSSR count). The minimum atomic E-state index is -4.40. The third-order valence-corrected chi connectivity index (χ3v) is 3.91. The standard InChI is InChI=1S/C17H15F3N2O3/c18-17(19,20)13-3-1-2-11(8-13)10-22-6-7-25-15-5-4-12(9-14(15)22)16(23)21-24/h1-5,8-9,24H,6-7,10H2,(H,21,23). The Morgan fingerprint density at radius 1 is 1.24 bits per heavy atom. The van der Waals surface area contributed by atoms with E-state index in [0.717, 1.165) is 12.1 Å². The molecule has 1 aliphatic rings. The minimum absolute atomic E-state index is 0.223. The van der Waals surface area contributed by atoms with Gasteiger partial charge >= 0.3 is 6.18 Å². The number of carbonyl (C=O) groups is 1. The zero-order valence-corrected chi connectivity index (χ0v) is 13.0. The van der Waals surface area contributed by atoms with Crippen LogP contribution in [0.15, 0.2) is 42.5 Å². The highest BCUT2D eigenvalue weighted by Crippen LogP contribution is 2.34. The van der Waals surface area contributed by atoms with Crippen molar-refractivity contribution in [2.45, 2.75) is 12.7 Å². The van der Waals surface area contributed by atoms with E-state index in [1.807, 2.05) is 4.90 Å². The van der Waals surface area contributed by atoms with Crippen molar-refractivity contribution in [1.29, 1.82) is 0 Å². The topological polar surface area (TPSA) is 61.8 Å². The molecule has 1 heterocycles. The molecule has 0 saturated carbocycles. The summed E-state index contributed by atoms with van der Waals surface area (Å²) in [5.74, 6) is -0.139. The molecule has 0 radical (unpaired) electrons. The Bertz CT molecular complexity index is 793. The average Bonchev–Trinajstić information content (AvgIpc) is 2.60. The van der Waals surface area contributed by atoms with Crippen LogP contribution in [0.3, 0.4) is 0 Å². The van der Waals surface area contributed by atoms with Gasteiger partial charge in [0.1, 0.15) is 12.4 Å². The molecule has 25 heavy (non-hydrogen) atoms. The molecule has 132 valence electrons. The molecule has 1 aliphatic heterocycles. The second-order valence-electron chi connectivity index (χ2n) is 5.59. The maximum Gasteiger partial charge on any atom is 0.416 e. The third kappa shape index (κ3) is 3.69. The van der Waals surface area contributed by atoms with Gasteiger partial charge in [-0.05, 0) is 35.9 Å². The molecule has 0 bridgehead atoms. The van der Waals surface area contributed by atoms with Crippen LogP contribution in [0.1, 0.15) is 21.5 Å². The number of hydrogen-bond acceptors (Lipinski definition) is 4. The summed E-state index contributed by atoms with van der Waals surface area (Å²) in [5.41, 5.74) is 2.16. The van der Waals surface area contributed by atoms with Crippen molar-refractivity contribution in [3.63, 3.8) is 0 Å². The van der Waals surface area contributed by atoms with Gasteiger partial charge in [-0.2, -0.15) is 13.2 Å². The monoisotopic (exact) mass is 352 g/mol. The largest absolute Gasteiger partial charge is 0.490 e. The average molecular weight is 352 g/mol. The first kappa shape index (κ1) is 17.1. The molecule has 5 nitrogen and oxygen atoms in total. The Morgan fingerprint density at radius 3 is 2.76 bits per heavy atom. The van der Waals surface area contributed by atoms with Crippen molar-refractivity contribution in [3.8, 4) is 5.75 Å². The predicted molar refractivity (Wildman–Crippen MR) is 83.7 cm³/mol. The lowest BCUT2D eigenvalue weighted by atomic mass is 10.1. The number of rotatable bonds is 3. The van der Waals surface area contributed by atoms with Crippen molar-refractivity contribution in [3.05, 3.63) is 59.2 Å². The molecular weight excluding hydrogens is 337 g/mol. The maximum absolute atomic E-state index is 12.9. The quantitative estimate of drug-likeness (QED) is 0.658. The zero-order valence-electron chi connectivity index (χ0n) is 13.0. The van der Waals surface area contributed by atoms with E-state index in [1.165, 1.54) is 18.2 Å². The summed E-state index contributed by atoms with van der Waals surface area (Å²) >= 11 is 0. The number of amides is 1. The molecule has 1 amide bonds. The molecule has 2 aromatic rings. The number of ether oxygens (including phenoxy) is 1. The molecule has 0 fully saturated rings. The predicted octanol–water partition coefficient (Wildman–Crippen LogP) is 3.22. The number of halogens is 3. The number of nitrogens with one attached hydrogen (secondary N) is 1. The number of carbonyl (C=O) groups excluding carboxylic acids is 1. The Labute approximate surface area is 141 Å². The molecule has 0 atom stereocenters. The van der Waals surface area contributed by atoms with Crippen LogP contribution in [0.2, 0.25) is 0 Å². The van der Waals surface area contributed by atoms with Gasteiger partial charge in [-0.25, -0.2) is 5.48 Å². The highest BCUT2D eigenvalue weighted by Gasteiger charge is 2.30. The summed E-state index contributed by atoms with van der Waals surface area (Å²) in [4.78, 5) is 13.4. The minimum Gasteiger partial charge on any atom is -0.490 e. The third-order valence-electron chi connectivity index (χ3n) is 3.91. The van der Waals surface area contributed by atoms with E-state index in [2.05, 4.69) is 0 Å². The smallest absolute Gasteiger partial charge is 0.416 e. The van der Waals surface area contributed by atoms with Gasteiger partial charge in [0.05, 0.1) is 17.8 Å². The second kappa shape index (κ2) is 6.64. The van der Waals surface area contributed by atoms with Crippen LogP contribution in [-0.4, -0.2) is 24.3 Å². The van der Waals surface area contributed by atoms with E-state index in [4.69, 9.17) is 9.94 Å². The highest BCUT2D eigenvalue weighted by molar-refractivity contribution is 5.95. The molecule has 8 heteroatoms. The van der Waals surface area contributed by atoms with Crippen LogP contribution >= 0.6 is 0 Å². The summed E-state index contributed by atoms with van der Waals surface area (Å²) in [6.45, 7) is 1.09. The lowest BCUT2D eigenvalue weighted by Gasteiger charge is -2.31. The number of anilines is 1. The van der Waals surface area contributed by atoms with Crippen LogP contribution in [-0.2, 0) is 12.7 Å². The molecule has 0 aromatic heterocycles. The molecule has 0 spiro atoms. The number of benzene rings is 2. The fourth-order valence-corrected chi connectivity index (χ4v) is 2.71. The van der Waals surface area contributed by atoms with E-state index in [9.17, 15) is 18.0 Å². The second-order valence-corrected chi connectivity index (χ2v) is 5.59. The summed E-state index contributed by atoms with van der Waals surface area (Å²) in [6, 6.07) is 9.76. The van der Waals surface area contributed by atoms with Gasteiger partial charge in [0, 0.05) is 12.1 Å². The van der Waals surface area contributed by atoms with Crippen molar-refractivity contribution in [1.82, 2.24) is 5.48 Å². The van der Waals surface area contributed by atoms with Crippen LogP contribution in [0.4, 0.5) is 18.9 Å². The molecule has 0 saturated heterocycles. The van der Waals surface area contributed by atoms with Gasteiger partial charge in [-0.1, -0.05) is 12.1 Å². The van der Waals surface area contributed by atoms with Gasteiger partial charge < -0.3 is 9.64 Å². The Hall–Kier alpha value is -2.74. The number of fused-ring (bicyclic) bond motifs is 1. The van der Waals surface area contributed by atoms with Crippen LogP contribution < -0.4 is 15.1 Å². The highest BCUT2D eigenvalue weighted by atomic mass is 19.4. The van der Waals surface area contributed by atoms with Crippen molar-refractivity contribution in [2.24, 2.45) is 0 Å². The summed E-state index contributed by atoms with van der Waals surface area (Å²) in [5, 5.41) is 8.75. The molecular formula is C17H15F3N2O3. The lowest BCUT2D eigenvalue weighted by molar-refractivity contribution is -0.137. The Kier molecular flexibility index (Phi) is 4.54. The SMILES string of the molecule is O=C(NO)c1ccc2c(c1)N(Cc1cccc(C(F)(F)F)c1)CCO2. The number of hydrogen-bond donors (Lipinski definition) is 2. The van der Waals surface area contributed by atoms with Crippen LogP contribution in [0.5, 0.6) is 5.75 Å². The maximum atomic E-state index is 12.9. The summed E-state index contributed by atoms with van der Waals surface area (Å²) in [7, 11) is 0. The van der Waals surface area contributed by atoms with Crippen LogP contribution in [0.25, 0.3) is 0 Å². The van der Waals surface area contributed by atoms with Gasteiger partial charge in [0.15, 0.2) is 0 Å². The van der Waals surface area contributed by atoms with Gasteiger partial charge in [0.25, 0.3) is 5.91 Å². The Morgan fingerprint density at radius 2 is 2.04 bits per heavy atom. The normalized spacial score (nSPS) is 13.8. The number of alkyl halides is 3. The molecule has 0 aliphatic carbocycles. The van der Waals surface area contributed by atoms with E-state index in [-0.39, 0.29) is 12.1 Å². The van der Waals surface area contributed by atoms with E-state index in [1.54, 1.807) is 17.6 Å². The number of hydroxylamine groups is 1. The van der Waals surface area contributed by atoms with E-state index in [0.29, 0.717) is 30.2 Å². The van der Waals surface area contributed by atoms with Crippen molar-refractivity contribution < 1.29 is 27.9 Å². The van der Waals surface area contributed by atoms with Gasteiger partial charge in [-0.15, -0.1) is 0 Å². The molecule has 2 N–H and O–H groups in total. The lowest BCUT2D eigenvalue weighted by Crippen LogP contribution is -2.32. The first-order valence-electron chi connectivity index (χ1n) is 7.51. The van der Waals surface area contributed by atoms with Gasteiger partial charge in [0.2, 0.25) is 0 Å². The zero-order chi connectivity index (χ0) is 18.0. The molecule has 0 unspecified atom stereocenters.